The van der Waals surface area contributed by atoms with E-state index in [4.69, 9.17) is 4.98 Å². The van der Waals surface area contributed by atoms with Crippen LogP contribution in [0.15, 0.2) is 267 Å². The molecule has 0 aliphatic rings. The summed E-state index contributed by atoms with van der Waals surface area (Å²) in [5, 5.41) is 5.00. The van der Waals surface area contributed by atoms with Gasteiger partial charge in [0.05, 0.1) is 46.6 Å². The molecule has 0 radical (unpaired) electrons. The molecular weight excluding hydrogens is 1000 g/mol. The number of benzene rings is 8. The fourth-order valence-electron chi connectivity index (χ4n) is 9.68. The maximum atomic E-state index is 4.84. The number of thiophene rings is 4. The molecule has 0 unspecified atom stereocenters. The van der Waals surface area contributed by atoms with Crippen molar-refractivity contribution in [3.63, 3.8) is 0 Å². The Bertz CT molecular complexity index is 4320. The predicted molar refractivity (Wildman–Crippen MR) is 330 cm³/mol. The molecule has 16 aromatic rings. The standard InChI is InChI=1S/4C17H11NS/c1-2-6-12(7-3-1)13-8-4-9-14-16-15(19-17(13)14)10-5-11-18-16;1-2-6-12(7-3-1)13-10-11-18-16-14-8-4-5-9-15(14)19-17(13)16;1-2-6-12(7-3-1)14-10-11-16-17(18-14)13-8-4-5-9-15(13)19-16;1-2-5-12(6-3-1)13-8-9-15-14(11-13)17-16(19-15)7-4-10-18-17/h4*1-11H. The van der Waals surface area contributed by atoms with Crippen LogP contribution in [0.2, 0.25) is 0 Å². The zero-order chi connectivity index (χ0) is 50.6. The first kappa shape index (κ1) is 47.0. The molecule has 0 saturated heterocycles. The molecule has 0 atom stereocenters. The van der Waals surface area contributed by atoms with Crippen molar-refractivity contribution in [1.29, 1.82) is 0 Å². The van der Waals surface area contributed by atoms with Crippen molar-refractivity contribution >= 4 is 127 Å². The largest absolute Gasteiger partial charge is 0.255 e. The molecule has 0 bridgehead atoms. The van der Waals surface area contributed by atoms with Crippen LogP contribution in [-0.2, 0) is 0 Å². The molecule has 8 aromatic heterocycles. The monoisotopic (exact) mass is 1040 g/mol. The van der Waals surface area contributed by atoms with Gasteiger partial charge < -0.3 is 0 Å². The molecule has 0 spiro atoms. The van der Waals surface area contributed by atoms with Crippen molar-refractivity contribution in [2.45, 2.75) is 0 Å². The summed E-state index contributed by atoms with van der Waals surface area (Å²) in [6.45, 7) is 0. The summed E-state index contributed by atoms with van der Waals surface area (Å²) in [4.78, 5) is 18.4. The Balaban J connectivity index is 0.0000000970. The number of nitrogens with zero attached hydrogens (tertiary/aromatic N) is 4. The second kappa shape index (κ2) is 21.2. The summed E-state index contributed by atoms with van der Waals surface area (Å²) in [5.74, 6) is 0. The van der Waals surface area contributed by atoms with Crippen LogP contribution in [0.3, 0.4) is 0 Å². The second-order valence-electron chi connectivity index (χ2n) is 18.0. The lowest BCUT2D eigenvalue weighted by Gasteiger charge is -2.02. The van der Waals surface area contributed by atoms with Gasteiger partial charge in [0, 0.05) is 70.1 Å². The highest BCUT2D eigenvalue weighted by atomic mass is 32.1. The average molecular weight is 1050 g/mol. The summed E-state index contributed by atoms with van der Waals surface area (Å²) >= 11 is 7.25. The van der Waals surface area contributed by atoms with E-state index in [9.17, 15) is 0 Å². The third kappa shape index (κ3) is 9.40. The fourth-order valence-corrected chi connectivity index (χ4v) is 14.2. The minimum absolute atomic E-state index is 1.04. The van der Waals surface area contributed by atoms with E-state index >= 15 is 0 Å². The van der Waals surface area contributed by atoms with E-state index in [1.165, 1.54) is 98.1 Å². The molecule has 360 valence electrons. The van der Waals surface area contributed by atoms with Gasteiger partial charge >= 0.3 is 0 Å². The summed E-state index contributed by atoms with van der Waals surface area (Å²) in [6.07, 6.45) is 5.64. The van der Waals surface area contributed by atoms with Crippen LogP contribution < -0.4 is 0 Å². The summed E-state index contributed by atoms with van der Waals surface area (Å²) < 4.78 is 10.2. The number of pyridine rings is 4. The predicted octanol–water partition coefficient (Wildman–Crippen LogP) is 20.5. The van der Waals surface area contributed by atoms with Crippen LogP contribution in [0.4, 0.5) is 0 Å². The minimum atomic E-state index is 1.04. The highest BCUT2D eigenvalue weighted by Crippen LogP contribution is 2.41. The molecule has 4 nitrogen and oxygen atoms in total. The second-order valence-corrected chi connectivity index (χ2v) is 22.3. The van der Waals surface area contributed by atoms with E-state index in [1.807, 2.05) is 83.7 Å². The van der Waals surface area contributed by atoms with Gasteiger partial charge in [-0.2, -0.15) is 0 Å². The fraction of sp³-hybridized carbons (Fsp3) is 0. The third-order valence-electron chi connectivity index (χ3n) is 13.3. The lowest BCUT2D eigenvalue weighted by Crippen LogP contribution is -1.82. The lowest BCUT2D eigenvalue weighted by atomic mass is 10.0. The minimum Gasteiger partial charge on any atom is -0.255 e. The van der Waals surface area contributed by atoms with E-state index in [2.05, 4.69) is 221 Å². The van der Waals surface area contributed by atoms with Crippen molar-refractivity contribution in [2.24, 2.45) is 0 Å². The van der Waals surface area contributed by atoms with E-state index in [0.717, 1.165) is 27.8 Å². The molecule has 0 saturated carbocycles. The van der Waals surface area contributed by atoms with Gasteiger partial charge in [-0.1, -0.05) is 182 Å². The van der Waals surface area contributed by atoms with E-state index in [1.54, 1.807) is 22.7 Å². The van der Waals surface area contributed by atoms with E-state index < -0.39 is 0 Å². The van der Waals surface area contributed by atoms with Gasteiger partial charge in [-0.15, -0.1) is 45.3 Å². The molecule has 8 aromatic carbocycles. The first-order valence-corrected chi connectivity index (χ1v) is 28.3. The maximum absolute atomic E-state index is 4.84. The molecule has 76 heavy (non-hydrogen) atoms. The molecule has 8 heteroatoms. The van der Waals surface area contributed by atoms with E-state index in [-0.39, 0.29) is 0 Å². The molecule has 0 amide bonds. The SMILES string of the molecule is c1ccc(-c2ccc3sc4ccccc4c3n2)cc1.c1ccc(-c2ccc3sc4cccnc4c3c2)cc1.c1ccc(-c2cccc3c2sc2cccnc23)cc1.c1ccc(-c2ccnc3c2sc2ccccc23)cc1. The van der Waals surface area contributed by atoms with Gasteiger partial charge in [0.15, 0.2) is 0 Å². The smallest absolute Gasteiger partial charge is 0.0895 e. The maximum Gasteiger partial charge on any atom is 0.0895 e. The van der Waals surface area contributed by atoms with Gasteiger partial charge in [-0.05, 0) is 94.5 Å². The molecule has 16 rings (SSSR count). The van der Waals surface area contributed by atoms with Crippen LogP contribution in [0, 0.1) is 0 Å². The van der Waals surface area contributed by atoms with Crippen LogP contribution in [-0.4, -0.2) is 19.9 Å². The first-order valence-electron chi connectivity index (χ1n) is 25.0. The summed E-state index contributed by atoms with van der Waals surface area (Å²) in [6, 6.07) is 86.5. The third-order valence-corrected chi connectivity index (χ3v) is 17.9. The zero-order valence-corrected chi connectivity index (χ0v) is 44.1. The number of hydrogen-bond acceptors (Lipinski definition) is 8. The Morgan fingerprint density at radius 3 is 1.37 bits per heavy atom. The normalized spacial score (nSPS) is 11.2. The Hall–Kier alpha value is -8.76. The lowest BCUT2D eigenvalue weighted by molar-refractivity contribution is 1.42. The number of rotatable bonds is 4. The Morgan fingerprint density at radius 1 is 0.237 bits per heavy atom. The highest BCUT2D eigenvalue weighted by molar-refractivity contribution is 7.27. The van der Waals surface area contributed by atoms with E-state index in [0.29, 0.717) is 0 Å². The number of fused-ring (bicyclic) bond motifs is 12. The molecule has 0 fully saturated rings. The first-order chi connectivity index (χ1) is 37.7. The van der Waals surface area contributed by atoms with Crippen LogP contribution in [0.1, 0.15) is 0 Å². The van der Waals surface area contributed by atoms with Gasteiger partial charge in [-0.25, -0.2) is 4.98 Å². The van der Waals surface area contributed by atoms with Gasteiger partial charge in [-0.3, -0.25) is 15.0 Å². The molecule has 0 aliphatic carbocycles. The Kier molecular flexibility index (Phi) is 13.1. The summed E-state index contributed by atoms with van der Waals surface area (Å²) in [5.41, 5.74) is 14.2. The van der Waals surface area contributed by atoms with Crippen LogP contribution in [0.5, 0.6) is 0 Å². The molecule has 0 N–H and O–H groups in total. The van der Waals surface area contributed by atoms with Crippen molar-refractivity contribution in [3.8, 4) is 44.6 Å². The van der Waals surface area contributed by atoms with Crippen LogP contribution >= 0.6 is 45.3 Å². The Morgan fingerprint density at radius 2 is 0.697 bits per heavy atom. The van der Waals surface area contributed by atoms with Crippen molar-refractivity contribution in [1.82, 2.24) is 19.9 Å². The van der Waals surface area contributed by atoms with Crippen molar-refractivity contribution in [3.05, 3.63) is 267 Å². The number of hydrogen-bond donors (Lipinski definition) is 0. The highest BCUT2D eigenvalue weighted by Gasteiger charge is 2.13. The average Bonchev–Trinajstić information content (AvgIpc) is 4.29. The van der Waals surface area contributed by atoms with Crippen LogP contribution in [0.25, 0.3) is 126 Å². The molecule has 8 heterocycles. The topological polar surface area (TPSA) is 51.6 Å². The van der Waals surface area contributed by atoms with Crippen molar-refractivity contribution in [2.75, 3.05) is 0 Å². The van der Waals surface area contributed by atoms with Crippen molar-refractivity contribution < 1.29 is 0 Å². The van der Waals surface area contributed by atoms with Gasteiger partial charge in [0.25, 0.3) is 0 Å². The van der Waals surface area contributed by atoms with Gasteiger partial charge in [0.1, 0.15) is 0 Å². The zero-order valence-electron chi connectivity index (χ0n) is 40.8. The molecular formula is C68H44N4S4. The summed E-state index contributed by atoms with van der Waals surface area (Å²) in [7, 11) is 0. The molecule has 0 aliphatic heterocycles. The van der Waals surface area contributed by atoms with Gasteiger partial charge in [0.2, 0.25) is 0 Å². The quantitative estimate of drug-likeness (QED) is 0.176. The number of aromatic nitrogens is 4. The Labute approximate surface area is 455 Å².